The molecule has 0 bridgehead atoms. The van der Waals surface area contributed by atoms with Crippen LogP contribution in [-0.2, 0) is 4.74 Å². The van der Waals surface area contributed by atoms with E-state index < -0.39 is 0 Å². The Hall–Kier alpha value is -0.120. The molecule has 112 valence electrons. The van der Waals surface area contributed by atoms with Gasteiger partial charge in [0, 0.05) is 20.3 Å². The molecule has 0 unspecified atom stereocenters. The summed E-state index contributed by atoms with van der Waals surface area (Å²) >= 11 is 0. The molecule has 0 heterocycles. The van der Waals surface area contributed by atoms with Crippen molar-refractivity contribution in [1.29, 1.82) is 0 Å². The third kappa shape index (κ3) is 4.44. The summed E-state index contributed by atoms with van der Waals surface area (Å²) in [4.78, 5) is 0. The largest absolute Gasteiger partial charge is 0.385 e. The van der Waals surface area contributed by atoms with Gasteiger partial charge in [0.2, 0.25) is 0 Å². The van der Waals surface area contributed by atoms with Gasteiger partial charge in [0.25, 0.3) is 0 Å². The summed E-state index contributed by atoms with van der Waals surface area (Å²) in [5.74, 6) is 0. The Balaban J connectivity index is 1.63. The minimum absolute atomic E-state index is 0.453. The maximum atomic E-state index is 6.04. The van der Waals surface area contributed by atoms with E-state index in [-0.39, 0.29) is 0 Å². The molecule has 2 fully saturated rings. The monoisotopic (exact) mass is 268 g/mol. The highest BCUT2D eigenvalue weighted by molar-refractivity contribution is 4.95. The van der Waals surface area contributed by atoms with Crippen LogP contribution in [0.15, 0.2) is 0 Å². The fourth-order valence-electron chi connectivity index (χ4n) is 3.58. The van der Waals surface area contributed by atoms with Gasteiger partial charge in [-0.25, -0.2) is 0 Å². The van der Waals surface area contributed by atoms with Crippen molar-refractivity contribution >= 4 is 0 Å². The van der Waals surface area contributed by atoms with Crippen molar-refractivity contribution in [2.24, 2.45) is 16.6 Å². The van der Waals surface area contributed by atoms with Crippen LogP contribution in [0.25, 0.3) is 0 Å². The van der Waals surface area contributed by atoms with E-state index in [1.807, 2.05) is 0 Å². The number of ether oxygens (including phenoxy) is 1. The Labute approximate surface area is 118 Å². The Morgan fingerprint density at radius 2 is 1.74 bits per heavy atom. The van der Waals surface area contributed by atoms with Crippen LogP contribution in [0, 0.1) is 10.8 Å². The molecular formula is C16H32N2O. The van der Waals surface area contributed by atoms with Gasteiger partial charge >= 0.3 is 0 Å². The van der Waals surface area contributed by atoms with Gasteiger partial charge in [-0.1, -0.05) is 19.3 Å². The summed E-state index contributed by atoms with van der Waals surface area (Å²) < 4.78 is 5.21. The lowest BCUT2D eigenvalue weighted by molar-refractivity contribution is 0.165. The average molecular weight is 268 g/mol. The molecule has 2 aliphatic carbocycles. The summed E-state index contributed by atoms with van der Waals surface area (Å²) in [6.07, 6.45) is 12.1. The molecule has 0 aromatic rings. The van der Waals surface area contributed by atoms with Gasteiger partial charge in [0.15, 0.2) is 0 Å². The van der Waals surface area contributed by atoms with Crippen LogP contribution < -0.4 is 11.1 Å². The molecule has 0 aromatic heterocycles. The van der Waals surface area contributed by atoms with Gasteiger partial charge in [-0.3, -0.25) is 0 Å². The van der Waals surface area contributed by atoms with Crippen molar-refractivity contribution in [2.45, 2.75) is 57.8 Å². The number of nitrogens with one attached hydrogen (secondary N) is 1. The minimum Gasteiger partial charge on any atom is -0.385 e. The second kappa shape index (κ2) is 7.05. The lowest BCUT2D eigenvalue weighted by Crippen LogP contribution is -2.37. The van der Waals surface area contributed by atoms with Crippen molar-refractivity contribution in [2.75, 3.05) is 33.4 Å². The molecule has 0 atom stereocenters. The minimum atomic E-state index is 0.453. The molecule has 2 aliphatic rings. The van der Waals surface area contributed by atoms with Gasteiger partial charge in [-0.05, 0) is 62.4 Å². The summed E-state index contributed by atoms with van der Waals surface area (Å²) in [7, 11) is 1.80. The van der Waals surface area contributed by atoms with Crippen molar-refractivity contribution in [1.82, 2.24) is 5.32 Å². The van der Waals surface area contributed by atoms with Crippen LogP contribution in [0.3, 0.4) is 0 Å². The predicted octanol–water partition coefficient (Wildman–Crippen LogP) is 2.69. The molecule has 2 rings (SSSR count). The van der Waals surface area contributed by atoms with Crippen LogP contribution in [0.1, 0.15) is 57.8 Å². The van der Waals surface area contributed by atoms with E-state index in [4.69, 9.17) is 10.5 Å². The third-order valence-corrected chi connectivity index (χ3v) is 5.47. The highest BCUT2D eigenvalue weighted by Crippen LogP contribution is 2.48. The fourth-order valence-corrected chi connectivity index (χ4v) is 3.58. The highest BCUT2D eigenvalue weighted by Gasteiger charge is 2.41. The molecule has 2 saturated carbocycles. The maximum absolute atomic E-state index is 6.04. The van der Waals surface area contributed by atoms with Crippen molar-refractivity contribution < 1.29 is 4.74 Å². The zero-order valence-corrected chi connectivity index (χ0v) is 12.7. The van der Waals surface area contributed by atoms with E-state index in [2.05, 4.69) is 5.32 Å². The van der Waals surface area contributed by atoms with Crippen molar-refractivity contribution in [3.05, 3.63) is 0 Å². The van der Waals surface area contributed by atoms with Crippen LogP contribution in [0.5, 0.6) is 0 Å². The zero-order chi connectivity index (χ0) is 13.6. The Morgan fingerprint density at radius 3 is 2.32 bits per heavy atom. The quantitative estimate of drug-likeness (QED) is 0.632. The van der Waals surface area contributed by atoms with Crippen molar-refractivity contribution in [3.8, 4) is 0 Å². The lowest BCUT2D eigenvalue weighted by Gasteiger charge is -2.36. The smallest absolute Gasteiger partial charge is 0.0468 e. The first-order valence-corrected chi connectivity index (χ1v) is 8.14. The van der Waals surface area contributed by atoms with Gasteiger partial charge in [-0.2, -0.15) is 0 Å². The van der Waals surface area contributed by atoms with E-state index in [1.165, 1.54) is 64.3 Å². The lowest BCUT2D eigenvalue weighted by atomic mass is 9.72. The summed E-state index contributed by atoms with van der Waals surface area (Å²) in [5, 5.41) is 3.69. The van der Waals surface area contributed by atoms with E-state index in [9.17, 15) is 0 Å². The first-order chi connectivity index (χ1) is 9.24. The standard InChI is InChI=1S/C16H32N2O/c1-19-12-10-16(7-8-16)14-18-11-9-15(13-17)5-3-2-4-6-15/h18H,2-14,17H2,1H3. The van der Waals surface area contributed by atoms with Gasteiger partial charge in [0.1, 0.15) is 0 Å². The third-order valence-electron chi connectivity index (χ3n) is 5.47. The normalized spacial score (nSPS) is 24.3. The number of methoxy groups -OCH3 is 1. The molecule has 0 saturated heterocycles. The van der Waals surface area contributed by atoms with E-state index in [0.717, 1.165) is 19.7 Å². The van der Waals surface area contributed by atoms with Crippen LogP contribution in [0.2, 0.25) is 0 Å². The number of hydrogen-bond acceptors (Lipinski definition) is 3. The molecule has 3 heteroatoms. The zero-order valence-electron chi connectivity index (χ0n) is 12.7. The summed E-state index contributed by atoms with van der Waals surface area (Å²) in [6.45, 7) is 4.11. The van der Waals surface area contributed by atoms with E-state index in [1.54, 1.807) is 7.11 Å². The topological polar surface area (TPSA) is 47.3 Å². The molecule has 0 amide bonds. The molecule has 0 spiro atoms. The van der Waals surface area contributed by atoms with Gasteiger partial charge in [0.05, 0.1) is 0 Å². The molecular weight excluding hydrogens is 236 g/mol. The van der Waals surface area contributed by atoms with Crippen molar-refractivity contribution in [3.63, 3.8) is 0 Å². The van der Waals surface area contributed by atoms with Gasteiger partial charge < -0.3 is 15.8 Å². The molecule has 3 N–H and O–H groups in total. The molecule has 0 radical (unpaired) electrons. The first kappa shape index (κ1) is 15.3. The first-order valence-electron chi connectivity index (χ1n) is 8.14. The average Bonchev–Trinajstić information content (AvgIpc) is 3.23. The summed E-state index contributed by atoms with van der Waals surface area (Å²) in [5.41, 5.74) is 7.06. The Bertz CT molecular complexity index is 257. The number of hydrogen-bond donors (Lipinski definition) is 2. The fraction of sp³-hybridized carbons (Fsp3) is 1.00. The molecule has 3 nitrogen and oxygen atoms in total. The van der Waals surface area contributed by atoms with E-state index in [0.29, 0.717) is 10.8 Å². The second-order valence-corrected chi connectivity index (χ2v) is 6.93. The number of nitrogens with two attached hydrogens (primary N) is 1. The molecule has 0 aromatic carbocycles. The van der Waals surface area contributed by atoms with Crippen LogP contribution >= 0.6 is 0 Å². The SMILES string of the molecule is COCCC1(CNCCC2(CN)CCCCC2)CC1. The Kier molecular flexibility index (Phi) is 5.67. The second-order valence-electron chi connectivity index (χ2n) is 6.93. The van der Waals surface area contributed by atoms with Crippen LogP contribution in [0.4, 0.5) is 0 Å². The number of rotatable bonds is 9. The van der Waals surface area contributed by atoms with E-state index >= 15 is 0 Å². The molecule has 19 heavy (non-hydrogen) atoms. The Morgan fingerprint density at radius 1 is 1.00 bits per heavy atom. The van der Waals surface area contributed by atoms with Crippen LogP contribution in [-0.4, -0.2) is 33.4 Å². The highest BCUT2D eigenvalue weighted by atomic mass is 16.5. The van der Waals surface area contributed by atoms with Gasteiger partial charge in [-0.15, -0.1) is 0 Å². The predicted molar refractivity (Wildman–Crippen MR) is 80.2 cm³/mol. The summed E-state index contributed by atoms with van der Waals surface area (Å²) in [6, 6.07) is 0. The molecule has 0 aliphatic heterocycles. The maximum Gasteiger partial charge on any atom is 0.0468 e.